The van der Waals surface area contributed by atoms with Crippen LogP contribution in [0.4, 0.5) is 0 Å². The van der Waals surface area contributed by atoms with Gasteiger partial charge in [-0.2, -0.15) is 0 Å². The SMILES string of the molecule is CCN(Cc1ccc2c(c1)OCO2)C(=O)C[C@H]1CCNC1. The van der Waals surface area contributed by atoms with E-state index >= 15 is 0 Å². The largest absolute Gasteiger partial charge is 0.454 e. The molecule has 0 spiro atoms. The topological polar surface area (TPSA) is 50.8 Å². The van der Waals surface area contributed by atoms with E-state index in [1.54, 1.807) is 0 Å². The molecule has 114 valence electrons. The van der Waals surface area contributed by atoms with E-state index in [-0.39, 0.29) is 12.7 Å². The zero-order valence-electron chi connectivity index (χ0n) is 12.4. The Morgan fingerprint density at radius 2 is 2.24 bits per heavy atom. The van der Waals surface area contributed by atoms with Crippen molar-refractivity contribution in [2.45, 2.75) is 26.3 Å². The first-order valence-corrected chi connectivity index (χ1v) is 7.63. The van der Waals surface area contributed by atoms with Gasteiger partial charge in [-0.15, -0.1) is 0 Å². The van der Waals surface area contributed by atoms with E-state index in [2.05, 4.69) is 5.32 Å². The molecule has 2 heterocycles. The van der Waals surface area contributed by atoms with Gasteiger partial charge in [0.2, 0.25) is 12.7 Å². The molecule has 0 radical (unpaired) electrons. The van der Waals surface area contributed by atoms with Crippen LogP contribution in [-0.4, -0.2) is 37.2 Å². The zero-order chi connectivity index (χ0) is 14.7. The minimum atomic E-state index is 0.240. The van der Waals surface area contributed by atoms with Crippen LogP contribution in [0.2, 0.25) is 0 Å². The molecule has 1 aromatic rings. The maximum Gasteiger partial charge on any atom is 0.231 e. The smallest absolute Gasteiger partial charge is 0.231 e. The molecule has 3 rings (SSSR count). The number of hydrogen-bond donors (Lipinski definition) is 1. The highest BCUT2D eigenvalue weighted by Crippen LogP contribution is 2.32. The van der Waals surface area contributed by atoms with Crippen molar-refractivity contribution in [1.29, 1.82) is 0 Å². The molecule has 1 atom stereocenters. The van der Waals surface area contributed by atoms with Crippen molar-refractivity contribution >= 4 is 5.91 Å². The summed E-state index contributed by atoms with van der Waals surface area (Å²) in [5.41, 5.74) is 1.08. The number of benzene rings is 1. The predicted molar refractivity (Wildman–Crippen MR) is 79.2 cm³/mol. The third-order valence-corrected chi connectivity index (χ3v) is 4.17. The average molecular weight is 290 g/mol. The Bertz CT molecular complexity index is 512. The molecule has 1 N–H and O–H groups in total. The van der Waals surface area contributed by atoms with Gasteiger partial charge in [-0.05, 0) is 50.0 Å². The van der Waals surface area contributed by atoms with E-state index in [0.717, 1.165) is 43.1 Å². The molecule has 2 aliphatic rings. The summed E-state index contributed by atoms with van der Waals surface area (Å²) in [7, 11) is 0. The molecule has 1 saturated heterocycles. The second-order valence-electron chi connectivity index (χ2n) is 5.66. The summed E-state index contributed by atoms with van der Waals surface area (Å²) in [6, 6.07) is 5.88. The van der Waals surface area contributed by atoms with Gasteiger partial charge in [0.05, 0.1) is 0 Å². The highest BCUT2D eigenvalue weighted by Gasteiger charge is 2.22. The van der Waals surface area contributed by atoms with Gasteiger partial charge in [0, 0.05) is 19.5 Å². The lowest BCUT2D eigenvalue weighted by atomic mass is 10.0. The number of nitrogens with zero attached hydrogens (tertiary/aromatic N) is 1. The first-order chi connectivity index (χ1) is 10.3. The number of fused-ring (bicyclic) bond motifs is 1. The summed E-state index contributed by atoms with van der Waals surface area (Å²) in [5, 5.41) is 3.31. The maximum absolute atomic E-state index is 12.4. The van der Waals surface area contributed by atoms with Crippen molar-refractivity contribution in [3.63, 3.8) is 0 Å². The molecular formula is C16H22N2O3. The lowest BCUT2D eigenvalue weighted by Crippen LogP contribution is -2.32. The molecule has 0 bridgehead atoms. The molecule has 0 unspecified atom stereocenters. The van der Waals surface area contributed by atoms with Crippen LogP contribution in [0, 0.1) is 5.92 Å². The molecule has 2 aliphatic heterocycles. The Balaban J connectivity index is 1.62. The second kappa shape index (κ2) is 6.35. The summed E-state index contributed by atoms with van der Waals surface area (Å²) < 4.78 is 10.7. The van der Waals surface area contributed by atoms with Gasteiger partial charge in [0.25, 0.3) is 0 Å². The first-order valence-electron chi connectivity index (χ1n) is 7.63. The van der Waals surface area contributed by atoms with Gasteiger partial charge in [0.15, 0.2) is 11.5 Å². The van der Waals surface area contributed by atoms with Crippen LogP contribution in [0.1, 0.15) is 25.3 Å². The molecule has 21 heavy (non-hydrogen) atoms. The monoisotopic (exact) mass is 290 g/mol. The third-order valence-electron chi connectivity index (χ3n) is 4.17. The van der Waals surface area contributed by atoms with Gasteiger partial charge >= 0.3 is 0 Å². The highest BCUT2D eigenvalue weighted by molar-refractivity contribution is 5.76. The van der Waals surface area contributed by atoms with Crippen molar-refractivity contribution in [1.82, 2.24) is 10.2 Å². The maximum atomic E-state index is 12.4. The summed E-state index contributed by atoms with van der Waals surface area (Å²) in [4.78, 5) is 14.3. The highest BCUT2D eigenvalue weighted by atomic mass is 16.7. The average Bonchev–Trinajstić information content (AvgIpc) is 3.14. The van der Waals surface area contributed by atoms with Crippen molar-refractivity contribution in [2.75, 3.05) is 26.4 Å². The minimum absolute atomic E-state index is 0.240. The lowest BCUT2D eigenvalue weighted by molar-refractivity contribution is -0.132. The van der Waals surface area contributed by atoms with Crippen LogP contribution in [0.3, 0.4) is 0 Å². The fourth-order valence-electron chi connectivity index (χ4n) is 2.90. The third kappa shape index (κ3) is 3.29. The normalized spacial score (nSPS) is 19.8. The summed E-state index contributed by atoms with van der Waals surface area (Å²) >= 11 is 0. The Kier molecular flexibility index (Phi) is 4.29. The van der Waals surface area contributed by atoms with E-state index in [1.807, 2.05) is 30.0 Å². The fraction of sp³-hybridized carbons (Fsp3) is 0.562. The summed E-state index contributed by atoms with van der Waals surface area (Å²) in [6.45, 7) is 5.67. The van der Waals surface area contributed by atoms with E-state index < -0.39 is 0 Å². The Hall–Kier alpha value is -1.75. The van der Waals surface area contributed by atoms with Crippen LogP contribution in [-0.2, 0) is 11.3 Å². The number of rotatable bonds is 5. The van der Waals surface area contributed by atoms with E-state index in [0.29, 0.717) is 18.9 Å². The van der Waals surface area contributed by atoms with Crippen molar-refractivity contribution < 1.29 is 14.3 Å². The summed E-state index contributed by atoms with van der Waals surface area (Å²) in [5.74, 6) is 2.29. The summed E-state index contributed by atoms with van der Waals surface area (Å²) in [6.07, 6.45) is 1.75. The van der Waals surface area contributed by atoms with Crippen LogP contribution >= 0.6 is 0 Å². The first kappa shape index (κ1) is 14.2. The Morgan fingerprint density at radius 1 is 1.38 bits per heavy atom. The number of nitrogens with one attached hydrogen (secondary N) is 1. The van der Waals surface area contributed by atoms with Crippen molar-refractivity contribution in [3.05, 3.63) is 23.8 Å². The molecular weight excluding hydrogens is 268 g/mol. The minimum Gasteiger partial charge on any atom is -0.454 e. The molecule has 1 fully saturated rings. The van der Waals surface area contributed by atoms with Gasteiger partial charge in [-0.25, -0.2) is 0 Å². The standard InChI is InChI=1S/C16H22N2O3/c1-2-18(16(19)8-12-5-6-17-9-12)10-13-3-4-14-15(7-13)21-11-20-14/h3-4,7,12,17H,2,5-6,8-11H2,1H3/t12-/m1/s1. The van der Waals surface area contributed by atoms with Crippen LogP contribution in [0.15, 0.2) is 18.2 Å². The molecule has 1 aromatic carbocycles. The van der Waals surface area contributed by atoms with Crippen LogP contribution in [0.5, 0.6) is 11.5 Å². The van der Waals surface area contributed by atoms with Gasteiger partial charge in [-0.1, -0.05) is 6.07 Å². The predicted octanol–water partition coefficient (Wildman–Crippen LogP) is 1.76. The number of ether oxygens (including phenoxy) is 2. The van der Waals surface area contributed by atoms with Crippen LogP contribution in [0.25, 0.3) is 0 Å². The van der Waals surface area contributed by atoms with Crippen molar-refractivity contribution in [3.8, 4) is 11.5 Å². The number of carbonyl (C=O) groups is 1. The van der Waals surface area contributed by atoms with Crippen molar-refractivity contribution in [2.24, 2.45) is 5.92 Å². The molecule has 0 saturated carbocycles. The van der Waals surface area contributed by atoms with E-state index in [9.17, 15) is 4.79 Å². The number of amides is 1. The molecule has 0 aliphatic carbocycles. The van der Waals surface area contributed by atoms with Gasteiger partial charge < -0.3 is 19.7 Å². The molecule has 1 amide bonds. The Morgan fingerprint density at radius 3 is 3.00 bits per heavy atom. The molecule has 0 aromatic heterocycles. The Labute approximate surface area is 125 Å². The second-order valence-corrected chi connectivity index (χ2v) is 5.66. The quantitative estimate of drug-likeness (QED) is 0.898. The van der Waals surface area contributed by atoms with E-state index in [1.165, 1.54) is 0 Å². The van der Waals surface area contributed by atoms with Gasteiger partial charge in [0.1, 0.15) is 0 Å². The number of hydrogen-bond acceptors (Lipinski definition) is 4. The number of carbonyl (C=O) groups excluding carboxylic acids is 1. The van der Waals surface area contributed by atoms with Crippen LogP contribution < -0.4 is 14.8 Å². The van der Waals surface area contributed by atoms with E-state index in [4.69, 9.17) is 9.47 Å². The molecule has 5 heteroatoms. The van der Waals surface area contributed by atoms with Gasteiger partial charge in [-0.3, -0.25) is 4.79 Å². The lowest BCUT2D eigenvalue weighted by Gasteiger charge is -2.22. The zero-order valence-corrected chi connectivity index (χ0v) is 12.4. The fourth-order valence-corrected chi connectivity index (χ4v) is 2.90. The molecule has 5 nitrogen and oxygen atoms in total.